The van der Waals surface area contributed by atoms with Gasteiger partial charge in [-0.1, -0.05) is 37.1 Å². The lowest BCUT2D eigenvalue weighted by Gasteiger charge is -2.09. The minimum absolute atomic E-state index is 0.293. The van der Waals surface area contributed by atoms with Crippen LogP contribution in [0.2, 0.25) is 5.02 Å². The minimum atomic E-state index is -4.29. The second-order valence-electron chi connectivity index (χ2n) is 3.83. The van der Waals surface area contributed by atoms with E-state index in [9.17, 15) is 13.2 Å². The third-order valence-electron chi connectivity index (χ3n) is 2.33. The summed E-state index contributed by atoms with van der Waals surface area (Å²) in [5, 5.41) is 0.451. The van der Waals surface area contributed by atoms with Crippen molar-refractivity contribution in [3.63, 3.8) is 0 Å². The lowest BCUT2D eigenvalue weighted by atomic mass is 10.00. The Balaban J connectivity index is 3.02. The molecule has 0 atom stereocenters. The number of allylic oxidation sites excluding steroid dienone is 2. The maximum absolute atomic E-state index is 12.4. The van der Waals surface area contributed by atoms with Crippen LogP contribution in [0.25, 0.3) is 5.57 Å². The maximum atomic E-state index is 12.4. The lowest BCUT2D eigenvalue weighted by molar-refractivity contribution is -0.0794. The summed E-state index contributed by atoms with van der Waals surface area (Å²) in [6.07, 6.45) is -1.92. The van der Waals surface area contributed by atoms with E-state index in [1.54, 1.807) is 24.3 Å². The van der Waals surface area contributed by atoms with Crippen molar-refractivity contribution in [1.29, 1.82) is 0 Å². The summed E-state index contributed by atoms with van der Waals surface area (Å²) < 4.78 is 37.2. The number of rotatable bonds is 4. The van der Waals surface area contributed by atoms with Crippen molar-refractivity contribution >= 4 is 17.2 Å². The summed E-state index contributed by atoms with van der Waals surface area (Å²) in [4.78, 5) is 0. The van der Waals surface area contributed by atoms with E-state index in [1.807, 2.05) is 6.92 Å². The number of hydrogen-bond donors (Lipinski definition) is 0. The molecule has 0 aliphatic heterocycles. The maximum Gasteiger partial charge on any atom is 0.410 e. The molecule has 0 aliphatic carbocycles. The highest BCUT2D eigenvalue weighted by atomic mass is 35.5. The molecule has 94 valence electrons. The topological polar surface area (TPSA) is 0 Å². The fourth-order valence-corrected chi connectivity index (χ4v) is 1.74. The zero-order valence-corrected chi connectivity index (χ0v) is 10.3. The predicted octanol–water partition coefficient (Wildman–Crippen LogP) is 5.48. The Morgan fingerprint density at radius 1 is 1.35 bits per heavy atom. The highest BCUT2D eigenvalue weighted by molar-refractivity contribution is 6.30. The van der Waals surface area contributed by atoms with Gasteiger partial charge in [0.25, 0.3) is 0 Å². The van der Waals surface area contributed by atoms with Gasteiger partial charge in [-0.2, -0.15) is 13.2 Å². The molecule has 0 bridgehead atoms. The monoisotopic (exact) mass is 262 g/mol. The van der Waals surface area contributed by atoms with E-state index in [-0.39, 0.29) is 0 Å². The van der Waals surface area contributed by atoms with E-state index in [1.165, 1.54) is 0 Å². The van der Waals surface area contributed by atoms with Crippen molar-refractivity contribution in [2.45, 2.75) is 32.4 Å². The van der Waals surface area contributed by atoms with Gasteiger partial charge in [-0.15, -0.1) is 0 Å². The first-order valence-corrected chi connectivity index (χ1v) is 5.84. The van der Waals surface area contributed by atoms with E-state index < -0.39 is 6.18 Å². The Morgan fingerprint density at radius 3 is 2.59 bits per heavy atom. The Kier molecular flexibility index (Phi) is 5.06. The van der Waals surface area contributed by atoms with Crippen LogP contribution < -0.4 is 0 Å². The molecule has 0 aliphatic rings. The molecule has 0 amide bonds. The van der Waals surface area contributed by atoms with Crippen molar-refractivity contribution < 1.29 is 13.2 Å². The number of alkyl halides is 3. The lowest BCUT2D eigenvalue weighted by Crippen LogP contribution is -2.03. The van der Waals surface area contributed by atoms with Crippen molar-refractivity contribution in [1.82, 2.24) is 0 Å². The average Bonchev–Trinajstić information content (AvgIpc) is 2.22. The van der Waals surface area contributed by atoms with Gasteiger partial charge in [-0.25, -0.2) is 0 Å². The summed E-state index contributed by atoms with van der Waals surface area (Å²) in [5.74, 6) is 0. The molecule has 0 spiro atoms. The predicted molar refractivity (Wildman–Crippen MR) is 65.0 cm³/mol. The molecule has 17 heavy (non-hydrogen) atoms. The normalized spacial score (nSPS) is 12.9. The molecule has 1 aromatic carbocycles. The van der Waals surface area contributed by atoms with Gasteiger partial charge in [0, 0.05) is 11.1 Å². The Labute approximate surface area is 104 Å². The minimum Gasteiger partial charge on any atom is -0.167 e. The highest BCUT2D eigenvalue weighted by Gasteiger charge is 2.24. The number of unbranched alkanes of at least 4 members (excludes halogenated alkanes) is 1. The molecule has 0 heterocycles. The van der Waals surface area contributed by atoms with Crippen LogP contribution in [-0.2, 0) is 0 Å². The number of benzene rings is 1. The summed E-state index contributed by atoms with van der Waals surface area (Å²) in [6.45, 7) is 1.95. The number of halogens is 4. The van der Waals surface area contributed by atoms with Gasteiger partial charge < -0.3 is 0 Å². The van der Waals surface area contributed by atoms with Crippen molar-refractivity contribution in [2.75, 3.05) is 0 Å². The smallest absolute Gasteiger partial charge is 0.167 e. The molecule has 0 radical (unpaired) electrons. The van der Waals surface area contributed by atoms with Gasteiger partial charge in [0.05, 0.1) is 0 Å². The first kappa shape index (κ1) is 14.1. The van der Waals surface area contributed by atoms with Crippen LogP contribution in [0.4, 0.5) is 13.2 Å². The SMILES string of the molecule is CCCC/C(=C/C(F)(F)F)c1cccc(Cl)c1. The van der Waals surface area contributed by atoms with Crippen molar-refractivity contribution in [2.24, 2.45) is 0 Å². The van der Waals surface area contributed by atoms with Gasteiger partial charge >= 0.3 is 6.18 Å². The zero-order valence-electron chi connectivity index (χ0n) is 9.52. The summed E-state index contributed by atoms with van der Waals surface area (Å²) >= 11 is 5.79. The third kappa shape index (κ3) is 5.26. The molecule has 1 aromatic rings. The fourth-order valence-electron chi connectivity index (χ4n) is 1.55. The molecule has 0 fully saturated rings. The van der Waals surface area contributed by atoms with Crippen molar-refractivity contribution in [3.05, 3.63) is 40.9 Å². The van der Waals surface area contributed by atoms with Gasteiger partial charge in [0.2, 0.25) is 0 Å². The van der Waals surface area contributed by atoms with Crippen LogP contribution in [0.15, 0.2) is 30.3 Å². The van der Waals surface area contributed by atoms with E-state index >= 15 is 0 Å². The van der Waals surface area contributed by atoms with E-state index in [0.29, 0.717) is 28.7 Å². The van der Waals surface area contributed by atoms with E-state index in [2.05, 4.69) is 0 Å². The van der Waals surface area contributed by atoms with E-state index in [0.717, 1.165) is 12.8 Å². The van der Waals surface area contributed by atoms with Gasteiger partial charge in [0.1, 0.15) is 0 Å². The third-order valence-corrected chi connectivity index (χ3v) is 2.57. The average molecular weight is 263 g/mol. The molecule has 4 heteroatoms. The molecular formula is C13H14ClF3. The molecule has 0 saturated heterocycles. The van der Waals surface area contributed by atoms with Crippen LogP contribution in [0.5, 0.6) is 0 Å². The van der Waals surface area contributed by atoms with Crippen molar-refractivity contribution in [3.8, 4) is 0 Å². The standard InChI is InChI=1S/C13H14ClF3/c1-2-3-5-11(9-13(15,16)17)10-6-4-7-12(14)8-10/h4,6-9H,2-3,5H2,1H3/b11-9-. The second kappa shape index (κ2) is 6.10. The van der Waals surface area contributed by atoms with Crippen LogP contribution >= 0.6 is 11.6 Å². The molecule has 0 nitrogen and oxygen atoms in total. The summed E-state index contributed by atoms with van der Waals surface area (Å²) in [6, 6.07) is 6.53. The zero-order chi connectivity index (χ0) is 12.9. The van der Waals surface area contributed by atoms with Crippen LogP contribution in [0, 0.1) is 0 Å². The Morgan fingerprint density at radius 2 is 2.06 bits per heavy atom. The first-order chi connectivity index (χ1) is 7.92. The van der Waals surface area contributed by atoms with Gasteiger partial charge in [-0.3, -0.25) is 0 Å². The summed E-state index contributed by atoms with van der Waals surface area (Å²) in [7, 11) is 0. The highest BCUT2D eigenvalue weighted by Crippen LogP contribution is 2.28. The van der Waals surface area contributed by atoms with Crippen LogP contribution in [-0.4, -0.2) is 6.18 Å². The van der Waals surface area contributed by atoms with Crippen LogP contribution in [0.1, 0.15) is 31.7 Å². The molecule has 0 aromatic heterocycles. The first-order valence-electron chi connectivity index (χ1n) is 5.47. The van der Waals surface area contributed by atoms with E-state index in [4.69, 9.17) is 11.6 Å². The number of hydrogen-bond acceptors (Lipinski definition) is 0. The molecule has 0 N–H and O–H groups in total. The Hall–Kier alpha value is -0.960. The summed E-state index contributed by atoms with van der Waals surface area (Å²) in [5.41, 5.74) is 0.838. The molecular weight excluding hydrogens is 249 g/mol. The largest absolute Gasteiger partial charge is 0.410 e. The molecule has 0 saturated carbocycles. The molecule has 1 rings (SSSR count). The van der Waals surface area contributed by atoms with Gasteiger partial charge in [0.15, 0.2) is 0 Å². The Bertz CT molecular complexity index is 394. The second-order valence-corrected chi connectivity index (χ2v) is 4.26. The van der Waals surface area contributed by atoms with Crippen LogP contribution in [0.3, 0.4) is 0 Å². The quantitative estimate of drug-likeness (QED) is 0.674. The fraction of sp³-hybridized carbons (Fsp3) is 0.385. The molecule has 0 unspecified atom stereocenters. The van der Waals surface area contributed by atoms with Gasteiger partial charge in [-0.05, 0) is 36.1 Å².